The molecule has 1 radical (unpaired) electrons. The van der Waals surface area contributed by atoms with E-state index in [1.165, 1.54) is 10.6 Å². The van der Waals surface area contributed by atoms with Crippen molar-refractivity contribution in [3.8, 4) is 17.0 Å². The van der Waals surface area contributed by atoms with Gasteiger partial charge in [-0.2, -0.15) is 23.7 Å². The number of rotatable bonds is 4. The van der Waals surface area contributed by atoms with Gasteiger partial charge < -0.3 is 9.30 Å². The van der Waals surface area contributed by atoms with Crippen molar-refractivity contribution in [3.63, 3.8) is 0 Å². The van der Waals surface area contributed by atoms with Crippen LogP contribution in [0.25, 0.3) is 11.3 Å². The third-order valence-corrected chi connectivity index (χ3v) is 2.95. The van der Waals surface area contributed by atoms with Gasteiger partial charge in [0.15, 0.2) is 0 Å². The number of nitrogens with zero attached hydrogens (tertiary/aromatic N) is 1. The first kappa shape index (κ1) is 17.2. The van der Waals surface area contributed by atoms with Crippen molar-refractivity contribution in [2.24, 2.45) is 7.05 Å². The summed E-state index contributed by atoms with van der Waals surface area (Å²) in [5.41, 5.74) is 1.33. The number of hydrogen-bond acceptors (Lipinski definition) is 2. The van der Waals surface area contributed by atoms with E-state index in [1.54, 1.807) is 13.1 Å². The van der Waals surface area contributed by atoms with Crippen molar-refractivity contribution in [1.82, 2.24) is 4.57 Å². The quantitative estimate of drug-likeness (QED) is 0.617. The van der Waals surface area contributed by atoms with Crippen molar-refractivity contribution in [2.45, 2.75) is 0 Å². The zero-order chi connectivity index (χ0) is 13.8. The molecule has 0 saturated carbocycles. The Labute approximate surface area is 148 Å². The van der Waals surface area contributed by atoms with Crippen LogP contribution in [0.1, 0.15) is 0 Å². The maximum absolute atomic E-state index is 11.7. The molecule has 0 atom stereocenters. The molecular weight excluding hydrogens is 351 g/mol. The Bertz CT molecular complexity index is 650. The van der Waals surface area contributed by atoms with Gasteiger partial charge in [-0.3, -0.25) is 4.79 Å². The zero-order valence-electron chi connectivity index (χ0n) is 11.1. The third kappa shape index (κ3) is 3.81. The Morgan fingerprint density at radius 1 is 1.40 bits per heavy atom. The van der Waals surface area contributed by atoms with E-state index in [2.05, 4.69) is 12.6 Å². The standard InChI is InChI=1S/C15H13ClNO2.Y/c1-3-10-19-12-6-4-11(5-7-12)14-9-8-13(16)15(18)17(14)2;/h3-8H,1,10H2,2H3;/q-1;. The van der Waals surface area contributed by atoms with Crippen molar-refractivity contribution >= 4 is 11.6 Å². The van der Waals surface area contributed by atoms with Crippen molar-refractivity contribution in [1.29, 1.82) is 0 Å². The molecule has 1 heterocycles. The fraction of sp³-hybridized carbons (Fsp3) is 0.133. The summed E-state index contributed by atoms with van der Waals surface area (Å²) >= 11 is 5.76. The smallest absolute Gasteiger partial charge is 0.212 e. The van der Waals surface area contributed by atoms with E-state index in [0.717, 1.165) is 11.3 Å². The number of aromatic nitrogens is 1. The second-order valence-corrected chi connectivity index (χ2v) is 4.38. The Balaban J connectivity index is 0.00000200. The normalized spacial score (nSPS) is 9.70. The Morgan fingerprint density at radius 2 is 2.05 bits per heavy atom. The van der Waals surface area contributed by atoms with Crippen LogP contribution in [0.5, 0.6) is 5.75 Å². The van der Waals surface area contributed by atoms with Gasteiger partial charge in [0.1, 0.15) is 12.4 Å². The van der Waals surface area contributed by atoms with Crippen LogP contribution in [0.15, 0.2) is 47.8 Å². The topological polar surface area (TPSA) is 31.2 Å². The van der Waals surface area contributed by atoms with Crippen LogP contribution in [0.2, 0.25) is 5.02 Å². The molecule has 0 amide bonds. The predicted octanol–water partition coefficient (Wildman–Crippen LogP) is 3.07. The minimum Gasteiger partial charge on any atom is -0.490 e. The predicted molar refractivity (Wildman–Crippen MR) is 76.7 cm³/mol. The van der Waals surface area contributed by atoms with E-state index in [1.807, 2.05) is 24.3 Å². The summed E-state index contributed by atoms with van der Waals surface area (Å²) in [6.45, 7) is 4.05. The second kappa shape index (κ2) is 7.77. The van der Waals surface area contributed by atoms with Gasteiger partial charge in [-0.1, -0.05) is 23.9 Å². The second-order valence-electron chi connectivity index (χ2n) is 3.97. The van der Waals surface area contributed by atoms with Crippen molar-refractivity contribution in [3.05, 3.63) is 64.4 Å². The molecule has 0 fully saturated rings. The number of hydrogen-bond donors (Lipinski definition) is 0. The van der Waals surface area contributed by atoms with Gasteiger partial charge in [-0.25, -0.2) is 0 Å². The molecule has 0 aliphatic carbocycles. The van der Waals surface area contributed by atoms with Crippen molar-refractivity contribution < 1.29 is 37.4 Å². The maximum Gasteiger partial charge on any atom is 0.212 e. The molecule has 0 aliphatic rings. The summed E-state index contributed by atoms with van der Waals surface area (Å²) < 4.78 is 6.88. The molecule has 2 rings (SSSR count). The summed E-state index contributed by atoms with van der Waals surface area (Å²) in [5.74, 6) is 0.752. The molecule has 1 aromatic heterocycles. The molecule has 0 aliphatic heterocycles. The van der Waals surface area contributed by atoms with Crippen molar-refractivity contribution in [2.75, 3.05) is 6.61 Å². The van der Waals surface area contributed by atoms with Crippen LogP contribution in [-0.2, 0) is 39.8 Å². The van der Waals surface area contributed by atoms with Gasteiger partial charge in [0.05, 0.1) is 0 Å². The van der Waals surface area contributed by atoms with E-state index in [0.29, 0.717) is 12.3 Å². The zero-order valence-corrected chi connectivity index (χ0v) is 14.7. The van der Waals surface area contributed by atoms with E-state index < -0.39 is 0 Å². The fourth-order valence-electron chi connectivity index (χ4n) is 1.69. The average molecular weight is 364 g/mol. The van der Waals surface area contributed by atoms with Crippen LogP contribution in [0.4, 0.5) is 0 Å². The summed E-state index contributed by atoms with van der Waals surface area (Å²) in [4.78, 5) is 11.7. The van der Waals surface area contributed by atoms with E-state index in [4.69, 9.17) is 16.3 Å². The molecule has 2 aromatic rings. The number of halogens is 1. The van der Waals surface area contributed by atoms with Crippen LogP contribution < -0.4 is 10.3 Å². The first-order chi connectivity index (χ1) is 9.13. The van der Waals surface area contributed by atoms with E-state index >= 15 is 0 Å². The van der Waals surface area contributed by atoms with E-state index in [-0.39, 0.29) is 43.3 Å². The maximum atomic E-state index is 11.7. The Kier molecular flexibility index (Phi) is 6.67. The molecule has 20 heavy (non-hydrogen) atoms. The molecule has 1 aromatic carbocycles. The third-order valence-electron chi connectivity index (χ3n) is 2.68. The minimum atomic E-state index is -0.234. The van der Waals surface area contributed by atoms with Gasteiger partial charge in [-0.15, -0.1) is 12.1 Å². The number of benzene rings is 1. The van der Waals surface area contributed by atoms with Crippen LogP contribution >= 0.6 is 11.6 Å². The van der Waals surface area contributed by atoms with Gasteiger partial charge in [-0.05, 0) is 12.1 Å². The van der Waals surface area contributed by atoms with Gasteiger partial charge in [0.2, 0.25) is 5.56 Å². The van der Waals surface area contributed by atoms with Gasteiger partial charge in [0.25, 0.3) is 0 Å². The Hall–Kier alpha value is -0.896. The van der Waals surface area contributed by atoms with Crippen LogP contribution in [0.3, 0.4) is 0 Å². The Morgan fingerprint density at radius 3 is 2.65 bits per heavy atom. The average Bonchev–Trinajstić information content (AvgIpc) is 2.44. The van der Waals surface area contributed by atoms with Crippen LogP contribution in [-0.4, -0.2) is 11.2 Å². The molecule has 0 bridgehead atoms. The number of ether oxygens (including phenoxy) is 1. The molecule has 0 N–H and O–H groups in total. The first-order valence-corrected chi connectivity index (χ1v) is 6.12. The van der Waals surface area contributed by atoms with Gasteiger partial charge in [0, 0.05) is 44.8 Å². The summed E-state index contributed by atoms with van der Waals surface area (Å²) in [7, 11) is 1.67. The molecule has 5 heteroatoms. The summed E-state index contributed by atoms with van der Waals surface area (Å²) in [6, 6.07) is 11.9. The summed E-state index contributed by atoms with van der Waals surface area (Å²) in [6.07, 6.45) is 1.69. The van der Waals surface area contributed by atoms with Crippen LogP contribution in [0, 0.1) is 6.07 Å². The SMILES string of the molecule is C=CCOc1ccc(-c2[c-]cc(Cl)c(=O)n2C)cc1.[Y]. The molecular formula is C15H13ClNO2Y-. The molecule has 0 spiro atoms. The van der Waals surface area contributed by atoms with Gasteiger partial charge >= 0.3 is 0 Å². The minimum absolute atomic E-state index is 0. The summed E-state index contributed by atoms with van der Waals surface area (Å²) in [5, 5.41) is 0.164. The van der Waals surface area contributed by atoms with E-state index in [9.17, 15) is 4.79 Å². The fourth-order valence-corrected chi connectivity index (χ4v) is 1.87. The largest absolute Gasteiger partial charge is 0.490 e. The first-order valence-electron chi connectivity index (χ1n) is 5.75. The molecule has 101 valence electrons. The monoisotopic (exact) mass is 363 g/mol. The number of pyridine rings is 1. The molecule has 3 nitrogen and oxygen atoms in total. The molecule has 0 saturated heterocycles. The molecule has 0 unspecified atom stereocenters.